The highest BCUT2D eigenvalue weighted by Gasteiger charge is 2.40. The normalized spacial score (nSPS) is 22.0. The van der Waals surface area contributed by atoms with Gasteiger partial charge in [0.25, 0.3) is 0 Å². The van der Waals surface area contributed by atoms with Crippen LogP contribution in [0.5, 0.6) is 0 Å². The number of nitrogens with zero attached hydrogens (tertiary/aromatic N) is 1. The lowest BCUT2D eigenvalue weighted by Gasteiger charge is -2.22. The van der Waals surface area contributed by atoms with Crippen LogP contribution in [0.3, 0.4) is 0 Å². The van der Waals surface area contributed by atoms with Crippen LogP contribution in [0, 0.1) is 25.7 Å². The van der Waals surface area contributed by atoms with Crippen molar-refractivity contribution in [1.82, 2.24) is 0 Å². The summed E-state index contributed by atoms with van der Waals surface area (Å²) in [6.07, 6.45) is 5.76. The molecule has 0 saturated heterocycles. The van der Waals surface area contributed by atoms with Crippen molar-refractivity contribution in [3.63, 3.8) is 0 Å². The van der Waals surface area contributed by atoms with E-state index in [2.05, 4.69) is 98.3 Å². The first-order valence-electron chi connectivity index (χ1n) is 12.2. The molecular formula is C31H32N+. The number of rotatable bonds is 3. The molecule has 2 aliphatic carbocycles. The molecule has 1 heteroatoms. The summed E-state index contributed by atoms with van der Waals surface area (Å²) in [5.74, 6) is 2.68. The predicted octanol–water partition coefficient (Wildman–Crippen LogP) is 7.52. The van der Waals surface area contributed by atoms with E-state index in [4.69, 9.17) is 0 Å². The number of hydrogen-bond acceptors (Lipinski definition) is 0. The van der Waals surface area contributed by atoms with Gasteiger partial charge in [0, 0.05) is 13.0 Å². The molecule has 4 aromatic rings. The lowest BCUT2D eigenvalue weighted by molar-refractivity contribution is -0.665. The van der Waals surface area contributed by atoms with E-state index < -0.39 is 0 Å². The Morgan fingerprint density at radius 2 is 1.62 bits per heavy atom. The summed E-state index contributed by atoms with van der Waals surface area (Å²) in [7, 11) is 2.21. The summed E-state index contributed by atoms with van der Waals surface area (Å²) in [6.45, 7) is 4.48. The van der Waals surface area contributed by atoms with E-state index in [0.29, 0.717) is 0 Å². The molecule has 0 N–H and O–H groups in total. The molecule has 3 aromatic carbocycles. The van der Waals surface area contributed by atoms with Crippen LogP contribution in [0.25, 0.3) is 33.2 Å². The first-order chi connectivity index (χ1) is 15.6. The molecule has 0 spiro atoms. The minimum atomic E-state index is 0.777. The van der Waals surface area contributed by atoms with E-state index >= 15 is 0 Å². The second-order valence-electron chi connectivity index (χ2n) is 10.2. The molecule has 0 radical (unpaired) electrons. The lowest BCUT2D eigenvalue weighted by atomic mass is 9.82. The van der Waals surface area contributed by atoms with Crippen LogP contribution in [0.2, 0.25) is 0 Å². The van der Waals surface area contributed by atoms with E-state index in [1.54, 1.807) is 5.56 Å². The molecule has 1 heterocycles. The summed E-state index contributed by atoms with van der Waals surface area (Å²) in [5.41, 5.74) is 9.40. The van der Waals surface area contributed by atoms with Gasteiger partial charge in [0.2, 0.25) is 5.69 Å². The maximum atomic E-state index is 2.51. The maximum Gasteiger partial charge on any atom is 0.220 e. The van der Waals surface area contributed by atoms with Crippen LogP contribution >= 0.6 is 0 Å². The summed E-state index contributed by atoms with van der Waals surface area (Å²) < 4.78 is 2.37. The van der Waals surface area contributed by atoms with Gasteiger partial charge in [-0.15, -0.1) is 0 Å². The highest BCUT2D eigenvalue weighted by molar-refractivity contribution is 5.95. The minimum Gasteiger partial charge on any atom is -0.198 e. The van der Waals surface area contributed by atoms with Crippen LogP contribution < -0.4 is 4.57 Å². The zero-order valence-electron chi connectivity index (χ0n) is 19.4. The number of aryl methyl sites for hydroxylation is 2. The standard InChI is InChI=1S/C31H32N/c1-20-9-11-24(23-7-5-4-6-8-23)19-29(20)31-28-14-13-26(18-27(28)15-21(2)32(31)3)30-17-22-10-12-25(30)16-22/h4-9,11,13-15,18-19,22,25,30H,10,12,16-17H2,1-3H3/q+1. The van der Waals surface area contributed by atoms with Crippen molar-refractivity contribution < 1.29 is 4.57 Å². The van der Waals surface area contributed by atoms with Crippen LogP contribution in [-0.2, 0) is 7.05 Å². The molecule has 2 aliphatic rings. The molecule has 0 amide bonds. The van der Waals surface area contributed by atoms with Gasteiger partial charge < -0.3 is 0 Å². The third-order valence-corrected chi connectivity index (χ3v) is 8.33. The average Bonchev–Trinajstić information content (AvgIpc) is 3.45. The Labute approximate surface area is 191 Å². The monoisotopic (exact) mass is 418 g/mol. The quantitative estimate of drug-likeness (QED) is 0.303. The smallest absolute Gasteiger partial charge is 0.198 e. The van der Waals surface area contributed by atoms with Crippen molar-refractivity contribution in [1.29, 1.82) is 0 Å². The summed E-state index contributed by atoms with van der Waals surface area (Å²) in [4.78, 5) is 0. The maximum absolute atomic E-state index is 2.51. The molecule has 6 rings (SSSR count). The minimum absolute atomic E-state index is 0.777. The van der Waals surface area contributed by atoms with Crippen LogP contribution in [0.1, 0.15) is 48.4 Å². The molecular weight excluding hydrogens is 386 g/mol. The Bertz CT molecular complexity index is 1320. The predicted molar refractivity (Wildman–Crippen MR) is 134 cm³/mol. The number of aromatic nitrogens is 1. The molecule has 160 valence electrons. The first kappa shape index (κ1) is 19.7. The Morgan fingerprint density at radius 3 is 2.38 bits per heavy atom. The van der Waals surface area contributed by atoms with Crippen molar-refractivity contribution in [3.05, 3.63) is 89.6 Å². The number of hydrogen-bond donors (Lipinski definition) is 0. The second-order valence-corrected chi connectivity index (χ2v) is 10.2. The van der Waals surface area contributed by atoms with E-state index in [1.165, 1.54) is 70.1 Å². The Balaban J connectivity index is 1.51. The lowest BCUT2D eigenvalue weighted by Crippen LogP contribution is -2.35. The summed E-state index contributed by atoms with van der Waals surface area (Å²) in [5, 5.41) is 2.75. The van der Waals surface area contributed by atoms with Gasteiger partial charge in [0.15, 0.2) is 5.69 Å². The fourth-order valence-electron chi connectivity index (χ4n) is 6.49. The topological polar surface area (TPSA) is 3.88 Å². The Hall–Kier alpha value is -2.93. The van der Waals surface area contributed by atoms with Gasteiger partial charge in [-0.3, -0.25) is 0 Å². The number of benzene rings is 3. The fraction of sp³-hybridized carbons (Fsp3) is 0.323. The summed E-state index contributed by atoms with van der Waals surface area (Å²) in [6, 6.07) is 27.3. The van der Waals surface area contributed by atoms with Gasteiger partial charge in [-0.05, 0) is 83.7 Å². The van der Waals surface area contributed by atoms with Gasteiger partial charge in [0.05, 0.1) is 10.9 Å². The first-order valence-corrected chi connectivity index (χ1v) is 12.2. The van der Waals surface area contributed by atoms with Crippen LogP contribution in [0.4, 0.5) is 0 Å². The van der Waals surface area contributed by atoms with Crippen molar-refractivity contribution in [3.8, 4) is 22.4 Å². The molecule has 2 saturated carbocycles. The molecule has 1 nitrogen and oxygen atoms in total. The van der Waals surface area contributed by atoms with Crippen molar-refractivity contribution >= 4 is 10.8 Å². The van der Waals surface area contributed by atoms with Crippen LogP contribution in [-0.4, -0.2) is 0 Å². The zero-order valence-corrected chi connectivity index (χ0v) is 19.4. The van der Waals surface area contributed by atoms with Gasteiger partial charge in [0.1, 0.15) is 7.05 Å². The van der Waals surface area contributed by atoms with Crippen LogP contribution in [0.15, 0.2) is 72.8 Å². The van der Waals surface area contributed by atoms with Gasteiger partial charge in [-0.1, -0.05) is 61.0 Å². The molecule has 2 bridgehead atoms. The molecule has 0 aliphatic heterocycles. The molecule has 1 aromatic heterocycles. The molecule has 3 unspecified atom stereocenters. The van der Waals surface area contributed by atoms with E-state index in [1.807, 2.05) is 0 Å². The number of pyridine rings is 1. The average molecular weight is 419 g/mol. The fourth-order valence-corrected chi connectivity index (χ4v) is 6.49. The van der Waals surface area contributed by atoms with E-state index in [0.717, 1.165) is 17.8 Å². The highest BCUT2D eigenvalue weighted by Crippen LogP contribution is 2.53. The van der Waals surface area contributed by atoms with E-state index in [9.17, 15) is 0 Å². The molecule has 2 fully saturated rings. The Kier molecular flexibility index (Phi) is 4.68. The van der Waals surface area contributed by atoms with E-state index in [-0.39, 0.29) is 0 Å². The molecule has 3 atom stereocenters. The summed E-state index contributed by atoms with van der Waals surface area (Å²) >= 11 is 0. The van der Waals surface area contributed by atoms with Crippen molar-refractivity contribution in [2.45, 2.75) is 45.4 Å². The van der Waals surface area contributed by atoms with Gasteiger partial charge in [-0.2, -0.15) is 4.57 Å². The third kappa shape index (κ3) is 3.18. The van der Waals surface area contributed by atoms with Crippen molar-refractivity contribution in [2.24, 2.45) is 18.9 Å². The van der Waals surface area contributed by atoms with Gasteiger partial charge >= 0.3 is 0 Å². The third-order valence-electron chi connectivity index (χ3n) is 8.33. The largest absolute Gasteiger partial charge is 0.220 e. The van der Waals surface area contributed by atoms with Gasteiger partial charge in [-0.25, -0.2) is 0 Å². The Morgan fingerprint density at radius 1 is 0.781 bits per heavy atom. The SMILES string of the molecule is Cc1ccc(-c2ccccc2)cc1-c1c2ccc(C3CC4CCC3C4)cc2cc(C)[n+]1C. The molecule has 32 heavy (non-hydrogen) atoms. The van der Waals surface area contributed by atoms with Crippen molar-refractivity contribution in [2.75, 3.05) is 0 Å². The second kappa shape index (κ2) is 7.59. The number of fused-ring (bicyclic) bond motifs is 3. The highest BCUT2D eigenvalue weighted by atomic mass is 14.9. The zero-order chi connectivity index (χ0) is 21.8.